The van der Waals surface area contributed by atoms with Crippen LogP contribution in [0.2, 0.25) is 0 Å². The minimum atomic E-state index is -0.470. The highest BCUT2D eigenvalue weighted by Crippen LogP contribution is 2.15. The van der Waals surface area contributed by atoms with Crippen molar-refractivity contribution in [3.8, 4) is 0 Å². The van der Waals surface area contributed by atoms with Gasteiger partial charge in [0.2, 0.25) is 0 Å². The highest BCUT2D eigenvalue weighted by Gasteiger charge is 2.24. The monoisotopic (exact) mass is 497 g/mol. The topological polar surface area (TPSA) is 69.2 Å². The zero-order chi connectivity index (χ0) is 19.7. The molecule has 1 heterocycles. The van der Waals surface area contributed by atoms with E-state index in [4.69, 9.17) is 4.74 Å². The number of likely N-dealkylation sites (N-methyl/N-ethyl adjacent to an activating group) is 1. The van der Waals surface area contributed by atoms with Gasteiger partial charge in [0.15, 0.2) is 5.96 Å². The third-order valence-electron chi connectivity index (χ3n) is 4.83. The van der Waals surface area contributed by atoms with Crippen molar-refractivity contribution in [3.05, 3.63) is 0 Å². The zero-order valence-corrected chi connectivity index (χ0v) is 20.5. The number of hydrogen-bond donors (Lipinski definition) is 2. The lowest BCUT2D eigenvalue weighted by molar-refractivity contribution is 0.0230. The molecule has 0 radical (unpaired) electrons. The predicted molar refractivity (Wildman–Crippen MR) is 123 cm³/mol. The number of rotatable bonds is 7. The fourth-order valence-corrected chi connectivity index (χ4v) is 3.08. The predicted octanol–water partition coefficient (Wildman–Crippen LogP) is 2.90. The van der Waals surface area contributed by atoms with E-state index in [1.54, 1.807) is 19.0 Å². The van der Waals surface area contributed by atoms with Crippen LogP contribution in [0.25, 0.3) is 0 Å². The number of ether oxygens (including phenoxy) is 1. The van der Waals surface area contributed by atoms with E-state index in [-0.39, 0.29) is 36.1 Å². The lowest BCUT2D eigenvalue weighted by atomic mass is 10.2. The van der Waals surface area contributed by atoms with Gasteiger partial charge in [0.1, 0.15) is 5.60 Å². The molecule has 0 aromatic rings. The molecule has 0 aromatic carbocycles. The molecule has 1 fully saturated rings. The maximum absolute atomic E-state index is 12.1. The second-order valence-corrected chi connectivity index (χ2v) is 8.03. The number of nitrogens with one attached hydrogen (secondary N) is 2. The third-order valence-corrected chi connectivity index (χ3v) is 4.83. The molecule has 0 spiro atoms. The number of hydrogen-bond acceptors (Lipinski definition) is 4. The number of likely N-dealkylation sites (tertiary alicyclic amines) is 1. The van der Waals surface area contributed by atoms with E-state index in [0.717, 1.165) is 32.0 Å². The summed E-state index contributed by atoms with van der Waals surface area (Å²) in [6, 6.07) is 0.677. The second-order valence-electron chi connectivity index (χ2n) is 8.03. The van der Waals surface area contributed by atoms with Crippen LogP contribution in [0.15, 0.2) is 4.99 Å². The summed E-state index contributed by atoms with van der Waals surface area (Å²) in [6.45, 7) is 13.8. The highest BCUT2D eigenvalue weighted by atomic mass is 127. The summed E-state index contributed by atoms with van der Waals surface area (Å²) >= 11 is 0. The second kappa shape index (κ2) is 12.6. The summed E-state index contributed by atoms with van der Waals surface area (Å²) in [7, 11) is 3.57. The molecule has 1 rings (SSSR count). The lowest BCUT2D eigenvalue weighted by Gasteiger charge is -2.29. The van der Waals surface area contributed by atoms with Crippen LogP contribution < -0.4 is 10.6 Å². The molecule has 7 nitrogen and oxygen atoms in total. The van der Waals surface area contributed by atoms with Gasteiger partial charge in [-0.25, -0.2) is 4.79 Å². The molecule has 1 aliphatic heterocycles. The minimum absolute atomic E-state index is 0. The molecule has 0 saturated carbocycles. The smallest absolute Gasteiger partial charge is 0.410 e. The fraction of sp³-hybridized carbons (Fsp3) is 0.895. The van der Waals surface area contributed by atoms with Gasteiger partial charge >= 0.3 is 6.09 Å². The first-order valence-electron chi connectivity index (χ1n) is 9.82. The Labute approximate surface area is 182 Å². The number of carbonyl (C=O) groups excluding carboxylic acids is 1. The molecule has 2 N–H and O–H groups in total. The summed E-state index contributed by atoms with van der Waals surface area (Å²) in [5, 5.41) is 6.77. The van der Waals surface area contributed by atoms with Crippen molar-refractivity contribution in [2.24, 2.45) is 4.99 Å². The zero-order valence-electron chi connectivity index (χ0n) is 18.2. The number of guanidine groups is 1. The lowest BCUT2D eigenvalue weighted by Crippen LogP contribution is -2.46. The maximum Gasteiger partial charge on any atom is 0.410 e. The van der Waals surface area contributed by atoms with Crippen LogP contribution >= 0.6 is 24.0 Å². The van der Waals surface area contributed by atoms with E-state index >= 15 is 0 Å². The molecular formula is C19H40IN5O2. The van der Waals surface area contributed by atoms with Crippen molar-refractivity contribution in [2.45, 2.75) is 71.6 Å². The summed E-state index contributed by atoms with van der Waals surface area (Å²) in [6.07, 6.45) is 3.06. The van der Waals surface area contributed by atoms with E-state index in [1.165, 1.54) is 19.4 Å². The number of amides is 1. The Morgan fingerprint density at radius 3 is 2.59 bits per heavy atom. The average molecular weight is 497 g/mol. The van der Waals surface area contributed by atoms with E-state index < -0.39 is 5.60 Å². The SMILES string of the molecule is CCN1CCCC1CNC(=NC)NCCC(C)N(C)C(=O)OC(C)(C)C.I. The Morgan fingerprint density at radius 2 is 2.04 bits per heavy atom. The number of aliphatic imine (C=N–C) groups is 1. The summed E-state index contributed by atoms with van der Waals surface area (Å²) in [4.78, 5) is 20.6. The summed E-state index contributed by atoms with van der Waals surface area (Å²) in [5.74, 6) is 0.820. The molecule has 0 bridgehead atoms. The van der Waals surface area contributed by atoms with Gasteiger partial charge in [0, 0.05) is 39.3 Å². The molecule has 8 heteroatoms. The quantitative estimate of drug-likeness (QED) is 0.322. The van der Waals surface area contributed by atoms with E-state index in [2.05, 4.69) is 27.4 Å². The van der Waals surface area contributed by atoms with Gasteiger partial charge in [0.05, 0.1) is 0 Å². The summed E-state index contributed by atoms with van der Waals surface area (Å²) < 4.78 is 5.41. The van der Waals surface area contributed by atoms with Crippen LogP contribution in [0.1, 0.15) is 53.9 Å². The Morgan fingerprint density at radius 1 is 1.37 bits per heavy atom. The number of nitrogens with zero attached hydrogens (tertiary/aromatic N) is 3. The van der Waals surface area contributed by atoms with Crippen molar-refractivity contribution in [2.75, 3.05) is 40.3 Å². The van der Waals surface area contributed by atoms with E-state index in [1.807, 2.05) is 27.7 Å². The largest absolute Gasteiger partial charge is 0.444 e. The molecule has 2 unspecified atom stereocenters. The van der Waals surface area contributed by atoms with Crippen molar-refractivity contribution < 1.29 is 9.53 Å². The normalized spacial score (nSPS) is 19.2. The molecule has 0 aromatic heterocycles. The maximum atomic E-state index is 12.1. The Hall–Kier alpha value is -0.770. The van der Waals surface area contributed by atoms with Gasteiger partial charge in [-0.15, -0.1) is 24.0 Å². The van der Waals surface area contributed by atoms with Gasteiger partial charge in [-0.1, -0.05) is 6.92 Å². The first kappa shape index (κ1) is 26.2. The molecular weight excluding hydrogens is 457 g/mol. The van der Waals surface area contributed by atoms with Crippen LogP contribution in [0, 0.1) is 0 Å². The minimum Gasteiger partial charge on any atom is -0.444 e. The molecule has 1 saturated heterocycles. The van der Waals surface area contributed by atoms with Crippen molar-refractivity contribution in [1.82, 2.24) is 20.4 Å². The van der Waals surface area contributed by atoms with Crippen molar-refractivity contribution >= 4 is 36.0 Å². The van der Waals surface area contributed by atoms with Crippen LogP contribution in [0.5, 0.6) is 0 Å². The van der Waals surface area contributed by atoms with Gasteiger partial charge in [-0.05, 0) is 60.0 Å². The molecule has 27 heavy (non-hydrogen) atoms. The molecule has 2 atom stereocenters. The van der Waals surface area contributed by atoms with Crippen molar-refractivity contribution in [1.29, 1.82) is 0 Å². The molecule has 1 amide bonds. The number of halogens is 1. The molecule has 1 aliphatic rings. The van der Waals surface area contributed by atoms with Gasteiger partial charge < -0.3 is 20.3 Å². The Bertz CT molecular complexity index is 468. The fourth-order valence-electron chi connectivity index (χ4n) is 3.08. The van der Waals surface area contributed by atoms with Crippen LogP contribution in [-0.4, -0.2) is 79.8 Å². The van der Waals surface area contributed by atoms with Crippen LogP contribution in [0.3, 0.4) is 0 Å². The first-order valence-corrected chi connectivity index (χ1v) is 9.82. The highest BCUT2D eigenvalue weighted by molar-refractivity contribution is 14.0. The van der Waals surface area contributed by atoms with Gasteiger partial charge in [0.25, 0.3) is 0 Å². The standard InChI is InChI=1S/C19H39N5O2.HI/c1-8-24-13-9-10-16(24)14-22-17(20-6)21-12-11-15(2)23(7)18(25)26-19(3,4)5;/h15-16H,8-14H2,1-7H3,(H2,20,21,22);1H. The molecule has 0 aliphatic carbocycles. The Balaban J connectivity index is 0.00000676. The van der Waals surface area contributed by atoms with Crippen LogP contribution in [0.4, 0.5) is 4.79 Å². The third kappa shape index (κ3) is 9.82. The van der Waals surface area contributed by atoms with Gasteiger partial charge in [-0.3, -0.25) is 9.89 Å². The number of carbonyl (C=O) groups is 1. The van der Waals surface area contributed by atoms with E-state index in [0.29, 0.717) is 6.04 Å². The van der Waals surface area contributed by atoms with Crippen LogP contribution in [-0.2, 0) is 4.74 Å². The molecule has 160 valence electrons. The van der Waals surface area contributed by atoms with Crippen molar-refractivity contribution in [3.63, 3.8) is 0 Å². The Kier molecular flexibility index (Phi) is 12.3. The first-order chi connectivity index (χ1) is 12.2. The van der Waals surface area contributed by atoms with E-state index in [9.17, 15) is 4.79 Å². The average Bonchev–Trinajstić information content (AvgIpc) is 3.02. The summed E-state index contributed by atoms with van der Waals surface area (Å²) in [5.41, 5.74) is -0.470. The van der Waals surface area contributed by atoms with Gasteiger partial charge in [-0.2, -0.15) is 0 Å².